The number of para-hydroxylation sites is 1. The molecule has 0 amide bonds. The summed E-state index contributed by atoms with van der Waals surface area (Å²) in [4.78, 5) is 11.0. The predicted octanol–water partition coefficient (Wildman–Crippen LogP) is 0.458. The molecule has 1 rings (SSSR count). The highest BCUT2D eigenvalue weighted by Crippen LogP contribution is 2.21. The van der Waals surface area contributed by atoms with Crippen LogP contribution in [-0.2, 0) is 0 Å². The molecule has 88 valence electrons. The van der Waals surface area contributed by atoms with Crippen molar-refractivity contribution in [3.05, 3.63) is 29.3 Å². The van der Waals surface area contributed by atoms with Gasteiger partial charge in [0, 0.05) is 0 Å². The molecule has 0 radical (unpaired) electrons. The molecule has 0 aliphatic heterocycles. The fourth-order valence-corrected chi connectivity index (χ4v) is 1.39. The molecule has 0 unspecified atom stereocenters. The molecule has 1 aromatic rings. The third-order valence-electron chi connectivity index (χ3n) is 2.29. The molecule has 0 aliphatic rings. The van der Waals surface area contributed by atoms with Gasteiger partial charge in [0.2, 0.25) is 0 Å². The van der Waals surface area contributed by atoms with Crippen LogP contribution in [0.5, 0.6) is 0 Å². The van der Waals surface area contributed by atoms with E-state index in [-0.39, 0.29) is 18.8 Å². The van der Waals surface area contributed by atoms with Crippen molar-refractivity contribution in [3.63, 3.8) is 0 Å². The van der Waals surface area contributed by atoms with Crippen LogP contribution in [0.4, 0.5) is 5.69 Å². The van der Waals surface area contributed by atoms with E-state index in [0.29, 0.717) is 5.69 Å². The number of aliphatic hydroxyl groups is 2. The van der Waals surface area contributed by atoms with E-state index >= 15 is 0 Å². The number of rotatable bonds is 5. The lowest BCUT2D eigenvalue weighted by Crippen LogP contribution is -2.29. The quantitative estimate of drug-likeness (QED) is 0.584. The standard InChI is InChI=1S/C11H15NO4/c1-7-3-2-4-9(11(15)16)10(7)12-8(5-13)6-14/h2-4,8,12-14H,5-6H2,1H3,(H,15,16). The van der Waals surface area contributed by atoms with Crippen molar-refractivity contribution in [2.24, 2.45) is 0 Å². The van der Waals surface area contributed by atoms with Crippen molar-refractivity contribution >= 4 is 11.7 Å². The fraction of sp³-hybridized carbons (Fsp3) is 0.364. The number of hydrogen-bond donors (Lipinski definition) is 4. The number of hydrogen-bond acceptors (Lipinski definition) is 4. The Hall–Kier alpha value is -1.59. The van der Waals surface area contributed by atoms with Gasteiger partial charge >= 0.3 is 5.97 Å². The largest absolute Gasteiger partial charge is 0.478 e. The summed E-state index contributed by atoms with van der Waals surface area (Å²) in [6.07, 6.45) is 0. The van der Waals surface area contributed by atoms with Crippen LogP contribution in [-0.4, -0.2) is 40.5 Å². The number of aromatic carboxylic acids is 1. The van der Waals surface area contributed by atoms with Gasteiger partial charge in [-0.15, -0.1) is 0 Å². The lowest BCUT2D eigenvalue weighted by molar-refractivity contribution is 0.0697. The smallest absolute Gasteiger partial charge is 0.337 e. The van der Waals surface area contributed by atoms with Gasteiger partial charge in [0.1, 0.15) is 0 Å². The average molecular weight is 225 g/mol. The lowest BCUT2D eigenvalue weighted by atomic mass is 10.1. The minimum absolute atomic E-state index is 0.131. The van der Waals surface area contributed by atoms with Crippen LogP contribution in [0.3, 0.4) is 0 Å². The Balaban J connectivity index is 3.05. The molecule has 0 atom stereocenters. The zero-order valence-electron chi connectivity index (χ0n) is 8.97. The monoisotopic (exact) mass is 225 g/mol. The second-order valence-corrected chi connectivity index (χ2v) is 3.51. The maximum atomic E-state index is 11.0. The maximum absolute atomic E-state index is 11.0. The summed E-state index contributed by atoms with van der Waals surface area (Å²) in [7, 11) is 0. The molecule has 0 saturated heterocycles. The first-order valence-corrected chi connectivity index (χ1v) is 4.91. The number of carboxylic acids is 1. The molecule has 5 heteroatoms. The number of carboxylic acid groups (broad SMARTS) is 1. The summed E-state index contributed by atoms with van der Waals surface area (Å²) in [5.41, 5.74) is 1.32. The summed E-state index contributed by atoms with van der Waals surface area (Å²) < 4.78 is 0. The van der Waals surface area contributed by atoms with Crippen molar-refractivity contribution in [3.8, 4) is 0 Å². The van der Waals surface area contributed by atoms with Gasteiger partial charge in [-0.05, 0) is 18.6 Å². The van der Waals surface area contributed by atoms with Gasteiger partial charge < -0.3 is 20.6 Å². The van der Waals surface area contributed by atoms with Gasteiger partial charge in [0.15, 0.2) is 0 Å². The number of anilines is 1. The van der Waals surface area contributed by atoms with Gasteiger partial charge in [-0.3, -0.25) is 0 Å². The number of carbonyl (C=O) groups is 1. The highest BCUT2D eigenvalue weighted by atomic mass is 16.4. The Labute approximate surface area is 93.4 Å². The molecule has 0 bridgehead atoms. The summed E-state index contributed by atoms with van der Waals surface area (Å²) in [6, 6.07) is 4.33. The average Bonchev–Trinajstić information content (AvgIpc) is 2.27. The third kappa shape index (κ3) is 2.71. The summed E-state index contributed by atoms with van der Waals surface area (Å²) >= 11 is 0. The Morgan fingerprint density at radius 2 is 2.00 bits per heavy atom. The van der Waals surface area contributed by atoms with Crippen molar-refractivity contribution < 1.29 is 20.1 Å². The molecular weight excluding hydrogens is 210 g/mol. The van der Waals surface area contributed by atoms with Crippen LogP contribution in [0.2, 0.25) is 0 Å². The SMILES string of the molecule is Cc1cccc(C(=O)O)c1NC(CO)CO. The van der Waals surface area contributed by atoms with Crippen LogP contribution in [0.25, 0.3) is 0 Å². The first-order chi connectivity index (χ1) is 7.60. The zero-order chi connectivity index (χ0) is 12.1. The van der Waals surface area contributed by atoms with Crippen LogP contribution in [0.15, 0.2) is 18.2 Å². The highest BCUT2D eigenvalue weighted by Gasteiger charge is 2.14. The minimum atomic E-state index is -1.04. The van der Waals surface area contributed by atoms with Crippen LogP contribution < -0.4 is 5.32 Å². The van der Waals surface area contributed by atoms with E-state index in [4.69, 9.17) is 15.3 Å². The maximum Gasteiger partial charge on any atom is 0.337 e. The molecule has 0 saturated carbocycles. The van der Waals surface area contributed by atoms with E-state index in [9.17, 15) is 4.79 Å². The normalized spacial score (nSPS) is 10.5. The second-order valence-electron chi connectivity index (χ2n) is 3.51. The third-order valence-corrected chi connectivity index (χ3v) is 2.29. The Morgan fingerprint density at radius 3 is 2.50 bits per heavy atom. The van der Waals surface area contributed by atoms with E-state index in [0.717, 1.165) is 5.56 Å². The molecular formula is C11H15NO4. The van der Waals surface area contributed by atoms with Crippen LogP contribution >= 0.6 is 0 Å². The topological polar surface area (TPSA) is 89.8 Å². The molecule has 16 heavy (non-hydrogen) atoms. The van der Waals surface area contributed by atoms with Gasteiger partial charge in [0.25, 0.3) is 0 Å². The zero-order valence-corrected chi connectivity index (χ0v) is 8.97. The van der Waals surface area contributed by atoms with Gasteiger partial charge in [-0.2, -0.15) is 0 Å². The number of aliphatic hydroxyl groups excluding tert-OH is 2. The van der Waals surface area contributed by atoms with Crippen molar-refractivity contribution in [2.75, 3.05) is 18.5 Å². The van der Waals surface area contributed by atoms with Gasteiger partial charge in [0.05, 0.1) is 30.5 Å². The van der Waals surface area contributed by atoms with Crippen LogP contribution in [0.1, 0.15) is 15.9 Å². The Morgan fingerprint density at radius 1 is 1.38 bits per heavy atom. The minimum Gasteiger partial charge on any atom is -0.478 e. The van der Waals surface area contributed by atoms with E-state index < -0.39 is 12.0 Å². The van der Waals surface area contributed by atoms with Crippen LogP contribution in [0, 0.1) is 6.92 Å². The highest BCUT2D eigenvalue weighted by molar-refractivity contribution is 5.95. The summed E-state index contributed by atoms with van der Waals surface area (Å²) in [5.74, 6) is -1.04. The summed E-state index contributed by atoms with van der Waals surface area (Å²) in [5, 5.41) is 29.7. The number of benzene rings is 1. The van der Waals surface area contributed by atoms with Gasteiger partial charge in [-0.25, -0.2) is 4.79 Å². The molecule has 0 aliphatic carbocycles. The molecule has 0 aromatic heterocycles. The van der Waals surface area contributed by atoms with Gasteiger partial charge in [-0.1, -0.05) is 12.1 Å². The molecule has 0 fully saturated rings. The number of aryl methyl sites for hydroxylation is 1. The van der Waals surface area contributed by atoms with E-state index in [1.807, 2.05) is 0 Å². The van der Waals surface area contributed by atoms with E-state index in [1.165, 1.54) is 6.07 Å². The lowest BCUT2D eigenvalue weighted by Gasteiger charge is -2.18. The van der Waals surface area contributed by atoms with E-state index in [2.05, 4.69) is 5.32 Å². The second kappa shape index (κ2) is 5.48. The first kappa shape index (κ1) is 12.5. The molecule has 0 spiro atoms. The van der Waals surface area contributed by atoms with Crippen molar-refractivity contribution in [1.29, 1.82) is 0 Å². The predicted molar refractivity (Wildman–Crippen MR) is 59.7 cm³/mol. The molecule has 0 heterocycles. The fourth-order valence-electron chi connectivity index (χ4n) is 1.39. The van der Waals surface area contributed by atoms with Crippen molar-refractivity contribution in [1.82, 2.24) is 0 Å². The van der Waals surface area contributed by atoms with Crippen molar-refractivity contribution in [2.45, 2.75) is 13.0 Å². The number of nitrogens with one attached hydrogen (secondary N) is 1. The summed E-state index contributed by atoms with van der Waals surface area (Å²) in [6.45, 7) is 1.24. The first-order valence-electron chi connectivity index (χ1n) is 4.91. The molecule has 4 N–H and O–H groups in total. The Bertz CT molecular complexity index is 374. The molecule has 5 nitrogen and oxygen atoms in total. The molecule has 1 aromatic carbocycles. The Kier molecular flexibility index (Phi) is 4.28. The van der Waals surface area contributed by atoms with E-state index in [1.54, 1.807) is 19.1 Å².